The second-order valence-electron chi connectivity index (χ2n) is 6.98. The highest BCUT2D eigenvalue weighted by Gasteiger charge is 2.35. The van der Waals surface area contributed by atoms with Gasteiger partial charge in [-0.1, -0.05) is 36.4 Å². The van der Waals surface area contributed by atoms with Crippen LogP contribution in [0.5, 0.6) is 0 Å². The van der Waals surface area contributed by atoms with Crippen LogP contribution in [0.4, 0.5) is 0 Å². The fourth-order valence-electron chi connectivity index (χ4n) is 4.13. The summed E-state index contributed by atoms with van der Waals surface area (Å²) in [6.45, 7) is 6.88. The van der Waals surface area contributed by atoms with Crippen LogP contribution < -0.4 is 0 Å². The van der Waals surface area contributed by atoms with Gasteiger partial charge in [0, 0.05) is 30.9 Å². The van der Waals surface area contributed by atoms with Gasteiger partial charge in [0.25, 0.3) is 0 Å². The van der Waals surface area contributed by atoms with Gasteiger partial charge < -0.3 is 4.74 Å². The first-order chi connectivity index (χ1) is 11.6. The molecule has 2 aliphatic heterocycles. The molecule has 2 atom stereocenters. The van der Waals surface area contributed by atoms with Crippen molar-refractivity contribution in [3.05, 3.63) is 58.9 Å². The van der Waals surface area contributed by atoms with E-state index in [1.807, 2.05) is 11.7 Å². The maximum atomic E-state index is 5.85. The smallest absolute Gasteiger partial charge is 0.0671 e. The lowest BCUT2D eigenvalue weighted by Gasteiger charge is -2.44. The zero-order valence-electron chi connectivity index (χ0n) is 14.7. The fraction of sp³-hybridized carbons (Fsp3) is 0.450. The second kappa shape index (κ2) is 6.19. The Morgan fingerprint density at radius 1 is 1.17 bits per heavy atom. The summed E-state index contributed by atoms with van der Waals surface area (Å²) in [6.07, 6.45) is 3.45. The lowest BCUT2D eigenvalue weighted by Crippen LogP contribution is -2.53. The number of morpholine rings is 1. The standard InChI is InChI=1S/C20H25N3O/c1-14-20(15(2)22(3)21-14)17-9-18-12-24-13-19(10-17)23(18)11-16-7-5-4-6-8-16/h4-9,18-19H,10-13H2,1-3H3. The van der Waals surface area contributed by atoms with E-state index in [4.69, 9.17) is 4.74 Å². The van der Waals surface area contributed by atoms with Crippen molar-refractivity contribution >= 4 is 5.57 Å². The Morgan fingerprint density at radius 2 is 1.96 bits per heavy atom. The highest BCUT2D eigenvalue weighted by atomic mass is 16.5. The third-order valence-electron chi connectivity index (χ3n) is 5.38. The third-order valence-corrected chi connectivity index (χ3v) is 5.38. The predicted molar refractivity (Wildman–Crippen MR) is 95.7 cm³/mol. The molecule has 2 unspecified atom stereocenters. The molecule has 0 N–H and O–H groups in total. The average Bonchev–Trinajstić information content (AvgIpc) is 2.81. The Bertz CT molecular complexity index is 763. The van der Waals surface area contributed by atoms with E-state index in [1.54, 1.807) is 0 Å². The molecule has 4 nitrogen and oxygen atoms in total. The summed E-state index contributed by atoms with van der Waals surface area (Å²) >= 11 is 0. The Morgan fingerprint density at radius 3 is 2.62 bits per heavy atom. The number of hydrogen-bond acceptors (Lipinski definition) is 3. The summed E-state index contributed by atoms with van der Waals surface area (Å²) in [7, 11) is 2.03. The van der Waals surface area contributed by atoms with Gasteiger partial charge in [-0.15, -0.1) is 0 Å². The Kier molecular flexibility index (Phi) is 4.02. The number of nitrogens with zero attached hydrogens (tertiary/aromatic N) is 3. The van der Waals surface area contributed by atoms with Gasteiger partial charge >= 0.3 is 0 Å². The van der Waals surface area contributed by atoms with Crippen LogP contribution >= 0.6 is 0 Å². The van der Waals surface area contributed by atoms with Gasteiger partial charge in [-0.3, -0.25) is 9.58 Å². The molecule has 0 radical (unpaired) electrons. The quantitative estimate of drug-likeness (QED) is 0.869. The molecule has 0 spiro atoms. The van der Waals surface area contributed by atoms with E-state index in [9.17, 15) is 0 Å². The van der Waals surface area contributed by atoms with E-state index in [0.29, 0.717) is 12.1 Å². The molecule has 3 heterocycles. The minimum Gasteiger partial charge on any atom is -0.378 e. The minimum absolute atomic E-state index is 0.353. The van der Waals surface area contributed by atoms with Gasteiger partial charge in [0.1, 0.15) is 0 Å². The first-order valence-corrected chi connectivity index (χ1v) is 8.72. The summed E-state index contributed by atoms with van der Waals surface area (Å²) in [5.74, 6) is 0. The van der Waals surface area contributed by atoms with E-state index in [1.165, 1.54) is 22.4 Å². The van der Waals surface area contributed by atoms with Crippen molar-refractivity contribution in [3.8, 4) is 0 Å². The Balaban J connectivity index is 1.65. The highest BCUT2D eigenvalue weighted by molar-refractivity contribution is 5.71. The van der Waals surface area contributed by atoms with E-state index in [2.05, 4.69) is 60.3 Å². The molecule has 0 aliphatic carbocycles. The largest absolute Gasteiger partial charge is 0.378 e. The molecule has 1 aromatic carbocycles. The maximum Gasteiger partial charge on any atom is 0.0671 e. The molecule has 1 saturated heterocycles. The van der Waals surface area contributed by atoms with Gasteiger partial charge in [0.05, 0.1) is 24.9 Å². The Labute approximate surface area is 143 Å². The molecular weight excluding hydrogens is 298 g/mol. The van der Waals surface area contributed by atoms with Gasteiger partial charge in [0.2, 0.25) is 0 Å². The van der Waals surface area contributed by atoms with Crippen molar-refractivity contribution in [2.24, 2.45) is 7.05 Å². The molecular formula is C20H25N3O. The third kappa shape index (κ3) is 2.70. The van der Waals surface area contributed by atoms with Crippen LogP contribution in [0, 0.1) is 13.8 Å². The summed E-state index contributed by atoms with van der Waals surface area (Å²) in [5, 5.41) is 4.60. The first-order valence-electron chi connectivity index (χ1n) is 8.72. The number of benzene rings is 1. The summed E-state index contributed by atoms with van der Waals surface area (Å²) in [6, 6.07) is 11.5. The average molecular weight is 323 g/mol. The fourth-order valence-corrected chi connectivity index (χ4v) is 4.13. The van der Waals surface area contributed by atoms with E-state index in [-0.39, 0.29) is 0 Å². The molecule has 126 valence electrons. The molecule has 1 fully saturated rings. The van der Waals surface area contributed by atoms with Gasteiger partial charge in [-0.25, -0.2) is 0 Å². The molecule has 4 rings (SSSR count). The maximum absolute atomic E-state index is 5.85. The van der Waals surface area contributed by atoms with Crippen LogP contribution in [0.2, 0.25) is 0 Å². The topological polar surface area (TPSA) is 30.3 Å². The van der Waals surface area contributed by atoms with Gasteiger partial charge in [0.15, 0.2) is 0 Å². The van der Waals surface area contributed by atoms with Crippen LogP contribution in [0.15, 0.2) is 36.4 Å². The molecule has 4 heteroatoms. The molecule has 1 aromatic heterocycles. The lowest BCUT2D eigenvalue weighted by atomic mass is 9.88. The SMILES string of the molecule is Cc1nn(C)c(C)c1C1=CC2COCC(C1)N2Cc1ccccc1. The van der Waals surface area contributed by atoms with Crippen molar-refractivity contribution in [3.63, 3.8) is 0 Å². The number of ether oxygens (including phenoxy) is 1. The van der Waals surface area contributed by atoms with Gasteiger partial charge in [-0.05, 0) is 31.4 Å². The summed E-state index contributed by atoms with van der Waals surface area (Å²) in [5.41, 5.74) is 6.56. The zero-order chi connectivity index (χ0) is 16.7. The number of fused-ring (bicyclic) bond motifs is 2. The molecule has 0 saturated carbocycles. The van der Waals surface area contributed by atoms with Crippen LogP contribution in [-0.4, -0.2) is 40.0 Å². The van der Waals surface area contributed by atoms with E-state index in [0.717, 1.165) is 31.9 Å². The zero-order valence-corrected chi connectivity index (χ0v) is 14.7. The van der Waals surface area contributed by atoms with E-state index < -0.39 is 0 Å². The van der Waals surface area contributed by atoms with Crippen molar-refractivity contribution < 1.29 is 4.74 Å². The first kappa shape index (κ1) is 15.6. The number of hydrogen-bond donors (Lipinski definition) is 0. The predicted octanol–water partition coefficient (Wildman–Crippen LogP) is 3.09. The number of aromatic nitrogens is 2. The van der Waals surface area contributed by atoms with Crippen molar-refractivity contribution in [2.75, 3.05) is 13.2 Å². The number of rotatable bonds is 3. The van der Waals surface area contributed by atoms with Crippen LogP contribution in [-0.2, 0) is 18.3 Å². The van der Waals surface area contributed by atoms with Crippen LogP contribution in [0.3, 0.4) is 0 Å². The lowest BCUT2D eigenvalue weighted by molar-refractivity contribution is -0.0402. The highest BCUT2D eigenvalue weighted by Crippen LogP contribution is 2.35. The van der Waals surface area contributed by atoms with Gasteiger partial charge in [-0.2, -0.15) is 5.10 Å². The normalized spacial score (nSPS) is 24.0. The number of aryl methyl sites for hydroxylation is 2. The van der Waals surface area contributed by atoms with Crippen molar-refractivity contribution in [2.45, 2.75) is 38.9 Å². The molecule has 0 amide bonds. The van der Waals surface area contributed by atoms with Crippen LogP contribution in [0.1, 0.15) is 28.9 Å². The molecule has 2 aromatic rings. The van der Waals surface area contributed by atoms with Crippen molar-refractivity contribution in [1.29, 1.82) is 0 Å². The van der Waals surface area contributed by atoms with E-state index >= 15 is 0 Å². The summed E-state index contributed by atoms with van der Waals surface area (Å²) in [4.78, 5) is 2.60. The monoisotopic (exact) mass is 323 g/mol. The Hall–Kier alpha value is -1.91. The molecule has 2 bridgehead atoms. The molecule has 24 heavy (non-hydrogen) atoms. The van der Waals surface area contributed by atoms with Crippen LogP contribution in [0.25, 0.3) is 5.57 Å². The van der Waals surface area contributed by atoms with Crippen molar-refractivity contribution in [1.82, 2.24) is 14.7 Å². The summed E-state index contributed by atoms with van der Waals surface area (Å²) < 4.78 is 7.84. The minimum atomic E-state index is 0.353. The second-order valence-corrected chi connectivity index (χ2v) is 6.98. The molecule has 2 aliphatic rings.